The number of rotatable bonds is 39. The monoisotopic (exact) mass is 839 g/mol. The Morgan fingerprint density at radius 3 is 1.81 bits per heavy atom. The smallest absolute Gasteiger partial charge is 0.462 e. The summed E-state index contributed by atoms with van der Waals surface area (Å²) >= 11 is 0. The minimum absolute atomic E-state index is 0.0334. The zero-order valence-corrected chi connectivity index (χ0v) is 36.9. The number of aliphatic hydroxyl groups excluding tert-OH is 3. The van der Waals surface area contributed by atoms with Crippen molar-refractivity contribution in [1.82, 2.24) is 0 Å². The van der Waals surface area contributed by atoms with E-state index in [0.717, 1.165) is 44.4 Å². The van der Waals surface area contributed by atoms with Gasteiger partial charge in [-0.25, -0.2) is 4.57 Å². The Kier molecular flexibility index (Phi) is 38.0. The number of phosphoric ester groups is 1. The van der Waals surface area contributed by atoms with Crippen LogP contribution in [0.25, 0.3) is 0 Å². The Morgan fingerprint density at radius 1 is 0.638 bits per heavy atom. The molecule has 0 spiro atoms. The summed E-state index contributed by atoms with van der Waals surface area (Å²) in [5.41, 5.74) is 0. The van der Waals surface area contributed by atoms with Crippen molar-refractivity contribution in [3.8, 4) is 0 Å². The number of carbonyl (C=O) groups excluding carboxylic acids is 2. The van der Waals surface area contributed by atoms with Gasteiger partial charge in [0.15, 0.2) is 6.10 Å². The number of aliphatic hydroxyl groups is 3. The molecule has 0 saturated carbocycles. The number of esters is 2. The first-order valence-corrected chi connectivity index (χ1v) is 23.4. The van der Waals surface area contributed by atoms with Crippen molar-refractivity contribution in [3.05, 3.63) is 72.9 Å². The van der Waals surface area contributed by atoms with Gasteiger partial charge >= 0.3 is 19.8 Å². The summed E-state index contributed by atoms with van der Waals surface area (Å²) in [6.07, 6.45) is 40.6. The lowest BCUT2D eigenvalue weighted by Gasteiger charge is -2.20. The summed E-state index contributed by atoms with van der Waals surface area (Å²) < 4.78 is 32.6. The van der Waals surface area contributed by atoms with E-state index in [1.165, 1.54) is 57.8 Å². The van der Waals surface area contributed by atoms with E-state index < -0.39 is 57.9 Å². The Bertz CT molecular complexity index is 1220. The van der Waals surface area contributed by atoms with Crippen LogP contribution >= 0.6 is 7.82 Å². The molecule has 0 bridgehead atoms. The number of carbonyl (C=O) groups is 2. The van der Waals surface area contributed by atoms with Gasteiger partial charge in [0, 0.05) is 12.8 Å². The average Bonchev–Trinajstić information content (AvgIpc) is 3.19. The molecule has 4 atom stereocenters. The van der Waals surface area contributed by atoms with Crippen LogP contribution in [-0.2, 0) is 32.7 Å². The highest BCUT2D eigenvalue weighted by atomic mass is 31.2. The van der Waals surface area contributed by atoms with Gasteiger partial charge < -0.3 is 29.7 Å². The molecule has 0 aliphatic heterocycles. The summed E-state index contributed by atoms with van der Waals surface area (Å²) in [6, 6.07) is 0. The third-order valence-corrected chi connectivity index (χ3v) is 9.85. The fourth-order valence-corrected chi connectivity index (χ4v) is 6.31. The van der Waals surface area contributed by atoms with Gasteiger partial charge in [0.25, 0.3) is 0 Å². The van der Waals surface area contributed by atoms with Crippen LogP contribution in [0.1, 0.15) is 156 Å². The van der Waals surface area contributed by atoms with E-state index in [1.54, 1.807) is 6.08 Å². The minimum Gasteiger partial charge on any atom is -0.462 e. The van der Waals surface area contributed by atoms with Crippen molar-refractivity contribution in [2.75, 3.05) is 26.4 Å². The molecule has 4 N–H and O–H groups in total. The minimum atomic E-state index is -4.65. The van der Waals surface area contributed by atoms with E-state index in [4.69, 9.17) is 19.1 Å². The van der Waals surface area contributed by atoms with Crippen LogP contribution in [0.3, 0.4) is 0 Å². The lowest BCUT2D eigenvalue weighted by molar-refractivity contribution is -0.161. The molecule has 0 aliphatic carbocycles. The van der Waals surface area contributed by atoms with E-state index in [0.29, 0.717) is 25.7 Å². The number of unbranched alkanes of at least 4 members (excludes halogenated alkanes) is 11. The molecule has 2 unspecified atom stereocenters. The van der Waals surface area contributed by atoms with Gasteiger partial charge in [-0.1, -0.05) is 171 Å². The second-order valence-corrected chi connectivity index (χ2v) is 16.5. The van der Waals surface area contributed by atoms with Crippen molar-refractivity contribution >= 4 is 19.8 Å². The molecule has 0 aromatic rings. The first-order chi connectivity index (χ1) is 28.0. The highest BCUT2D eigenvalue weighted by Crippen LogP contribution is 2.43. The first kappa shape index (κ1) is 55.4. The number of allylic oxidation sites excluding steroid dienone is 10. The Balaban J connectivity index is 4.49. The fraction of sp³-hybridized carbons (Fsp3) is 0.696. The molecular weight excluding hydrogens is 759 g/mol. The summed E-state index contributed by atoms with van der Waals surface area (Å²) in [7, 11) is -4.65. The molecular formula is C46H79O11P. The molecule has 12 heteroatoms. The van der Waals surface area contributed by atoms with Gasteiger partial charge in [0.05, 0.1) is 25.9 Å². The van der Waals surface area contributed by atoms with Gasteiger partial charge in [-0.2, -0.15) is 0 Å². The predicted molar refractivity (Wildman–Crippen MR) is 234 cm³/mol. The van der Waals surface area contributed by atoms with Crippen molar-refractivity contribution < 1.29 is 52.9 Å². The fourth-order valence-electron chi connectivity index (χ4n) is 5.52. The third kappa shape index (κ3) is 40.2. The molecule has 0 aromatic heterocycles. The van der Waals surface area contributed by atoms with Gasteiger partial charge in [0.1, 0.15) is 12.7 Å². The van der Waals surface area contributed by atoms with Crippen molar-refractivity contribution in [2.24, 2.45) is 5.92 Å². The van der Waals surface area contributed by atoms with Gasteiger partial charge in [-0.15, -0.1) is 0 Å². The Labute approximate surface area is 351 Å². The van der Waals surface area contributed by atoms with Crippen molar-refractivity contribution in [1.29, 1.82) is 0 Å². The Hall–Kier alpha value is -2.63. The van der Waals surface area contributed by atoms with E-state index >= 15 is 0 Å². The highest BCUT2D eigenvalue weighted by Gasteiger charge is 2.27. The Morgan fingerprint density at radius 2 is 1.19 bits per heavy atom. The van der Waals surface area contributed by atoms with E-state index in [2.05, 4.69) is 37.4 Å². The molecule has 0 heterocycles. The molecule has 58 heavy (non-hydrogen) atoms. The van der Waals surface area contributed by atoms with Crippen LogP contribution in [0, 0.1) is 5.92 Å². The van der Waals surface area contributed by atoms with Crippen LogP contribution < -0.4 is 0 Å². The van der Waals surface area contributed by atoms with Crippen molar-refractivity contribution in [3.63, 3.8) is 0 Å². The number of hydrogen-bond acceptors (Lipinski definition) is 10. The second-order valence-electron chi connectivity index (χ2n) is 15.0. The topological polar surface area (TPSA) is 169 Å². The normalized spacial score (nSPS) is 15.2. The predicted octanol–water partition coefficient (Wildman–Crippen LogP) is 10.5. The standard InChI is InChI=1S/C46H79O11P/c1-4-5-6-7-23-28-33-42(48)34-29-24-19-15-12-13-17-21-26-31-36-46(51)57-44(40-56-58(52,53)55-38-43(49)37-47)39-54-45(50)35-30-25-20-16-11-9-8-10-14-18-22-27-32-41(2)3/h5-6,12-13,19,21,23-24,26,28-29,34,41-44,47-49H,4,7-11,14-18,20,22,25,27,30-33,35-40H2,1-3H3,(H,52,53)/b6-5-,13-12-,24-19-,26-21-,28-23-,34-29+/t42?,43-,44+/m0/s1. The molecule has 0 amide bonds. The van der Waals surface area contributed by atoms with Crippen LogP contribution in [0.2, 0.25) is 0 Å². The molecule has 11 nitrogen and oxygen atoms in total. The van der Waals surface area contributed by atoms with E-state index in [-0.39, 0.29) is 19.4 Å². The molecule has 0 rings (SSSR count). The lowest BCUT2D eigenvalue weighted by Crippen LogP contribution is -2.29. The quantitative estimate of drug-likeness (QED) is 0.0153. The van der Waals surface area contributed by atoms with Gasteiger partial charge in [0.2, 0.25) is 0 Å². The van der Waals surface area contributed by atoms with E-state index in [1.807, 2.05) is 54.7 Å². The van der Waals surface area contributed by atoms with Gasteiger partial charge in [-0.3, -0.25) is 18.6 Å². The van der Waals surface area contributed by atoms with Gasteiger partial charge in [-0.05, 0) is 50.9 Å². The first-order valence-electron chi connectivity index (χ1n) is 21.9. The van der Waals surface area contributed by atoms with Crippen LogP contribution in [0.4, 0.5) is 0 Å². The third-order valence-electron chi connectivity index (χ3n) is 8.90. The van der Waals surface area contributed by atoms with Crippen LogP contribution in [-0.4, -0.2) is 76.9 Å². The summed E-state index contributed by atoms with van der Waals surface area (Å²) in [5.74, 6) is -0.255. The maximum Gasteiger partial charge on any atom is 0.472 e. The maximum absolute atomic E-state index is 12.6. The number of ether oxygens (including phenoxy) is 2. The number of hydrogen-bond donors (Lipinski definition) is 4. The zero-order valence-electron chi connectivity index (χ0n) is 36.0. The van der Waals surface area contributed by atoms with Crippen molar-refractivity contribution in [2.45, 2.75) is 174 Å². The summed E-state index contributed by atoms with van der Waals surface area (Å²) in [4.78, 5) is 35.0. The zero-order chi connectivity index (χ0) is 43.0. The molecule has 0 saturated heterocycles. The SMILES string of the molecule is CC/C=C\C/C=C\CC(O)/C=C/C=C\C/C=C\C/C=C\CCC(=O)O[C@H](COC(=O)CCCCCCCCCCCCCCC(C)C)COP(=O)(O)OC[C@@H](O)CO. The highest BCUT2D eigenvalue weighted by molar-refractivity contribution is 7.47. The summed E-state index contributed by atoms with van der Waals surface area (Å²) in [6.45, 7) is 4.41. The molecule has 334 valence electrons. The average molecular weight is 839 g/mol. The van der Waals surface area contributed by atoms with Crippen LogP contribution in [0.15, 0.2) is 72.9 Å². The second kappa shape index (κ2) is 39.8. The van der Waals surface area contributed by atoms with E-state index in [9.17, 15) is 29.3 Å². The van der Waals surface area contributed by atoms with Crippen LogP contribution in [0.5, 0.6) is 0 Å². The molecule has 0 fully saturated rings. The lowest BCUT2D eigenvalue weighted by atomic mass is 10.0. The largest absolute Gasteiger partial charge is 0.472 e. The maximum atomic E-state index is 12.6. The summed E-state index contributed by atoms with van der Waals surface area (Å²) in [5, 5.41) is 28.3. The number of phosphoric acid groups is 1. The molecule has 0 aliphatic rings. The molecule has 0 aromatic carbocycles. The molecule has 0 radical (unpaired) electrons.